The summed E-state index contributed by atoms with van der Waals surface area (Å²) in [6.45, 7) is 2.02. The Morgan fingerprint density at radius 3 is 2.76 bits per heavy atom. The first kappa shape index (κ1) is 14.4. The van der Waals surface area contributed by atoms with Gasteiger partial charge in [0.25, 0.3) is 0 Å². The molecule has 0 aromatic heterocycles. The standard InChI is InChI=1S/C16H15N3O2/c1-2-21-16(20)12-7-5-8-13(18)15(12)19-14-9-4-3-6-11(14)10-17/h3-9,19H,2,18H2,1H3. The molecule has 5 nitrogen and oxygen atoms in total. The number of esters is 1. The molecule has 2 aromatic carbocycles. The number of ether oxygens (including phenoxy) is 1. The van der Waals surface area contributed by atoms with Crippen molar-refractivity contribution >= 4 is 23.0 Å². The van der Waals surface area contributed by atoms with Crippen LogP contribution in [-0.2, 0) is 4.74 Å². The number of nitrogens with two attached hydrogens (primary N) is 1. The lowest BCUT2D eigenvalue weighted by Crippen LogP contribution is -2.10. The molecule has 0 fully saturated rings. The Morgan fingerprint density at radius 1 is 1.29 bits per heavy atom. The van der Waals surface area contributed by atoms with Gasteiger partial charge in [0, 0.05) is 0 Å². The first-order valence-electron chi connectivity index (χ1n) is 6.49. The van der Waals surface area contributed by atoms with Gasteiger partial charge in [-0.05, 0) is 31.2 Å². The van der Waals surface area contributed by atoms with Crippen molar-refractivity contribution in [3.05, 3.63) is 53.6 Å². The average molecular weight is 281 g/mol. The van der Waals surface area contributed by atoms with Gasteiger partial charge in [0.15, 0.2) is 0 Å². The molecule has 106 valence electrons. The summed E-state index contributed by atoms with van der Waals surface area (Å²) >= 11 is 0. The fourth-order valence-corrected chi connectivity index (χ4v) is 1.91. The van der Waals surface area contributed by atoms with Crippen LogP contribution in [0, 0.1) is 11.3 Å². The minimum atomic E-state index is -0.457. The van der Waals surface area contributed by atoms with Crippen LogP contribution in [0.5, 0.6) is 0 Å². The van der Waals surface area contributed by atoms with Crippen LogP contribution < -0.4 is 11.1 Å². The summed E-state index contributed by atoms with van der Waals surface area (Å²) < 4.78 is 5.02. The number of carbonyl (C=O) groups is 1. The largest absolute Gasteiger partial charge is 0.462 e. The molecular formula is C16H15N3O2. The van der Waals surface area contributed by atoms with E-state index in [0.29, 0.717) is 28.2 Å². The number of nitrogen functional groups attached to an aromatic ring is 1. The van der Waals surface area contributed by atoms with Crippen molar-refractivity contribution in [1.29, 1.82) is 5.26 Å². The van der Waals surface area contributed by atoms with E-state index in [9.17, 15) is 4.79 Å². The molecule has 0 bridgehead atoms. The fourth-order valence-electron chi connectivity index (χ4n) is 1.91. The molecule has 0 radical (unpaired) electrons. The quantitative estimate of drug-likeness (QED) is 0.664. The Hall–Kier alpha value is -3.00. The third-order valence-electron chi connectivity index (χ3n) is 2.90. The second kappa shape index (κ2) is 6.44. The zero-order valence-electron chi connectivity index (χ0n) is 11.6. The minimum Gasteiger partial charge on any atom is -0.462 e. The van der Waals surface area contributed by atoms with E-state index in [0.717, 1.165) is 0 Å². The first-order chi connectivity index (χ1) is 10.2. The molecule has 3 N–H and O–H groups in total. The highest BCUT2D eigenvalue weighted by Crippen LogP contribution is 2.29. The molecular weight excluding hydrogens is 266 g/mol. The lowest BCUT2D eigenvalue weighted by molar-refractivity contribution is 0.0527. The summed E-state index contributed by atoms with van der Waals surface area (Å²) in [5.74, 6) is -0.457. The molecule has 2 rings (SSSR count). The van der Waals surface area contributed by atoms with E-state index in [4.69, 9.17) is 15.7 Å². The van der Waals surface area contributed by atoms with Crippen molar-refractivity contribution in [2.45, 2.75) is 6.92 Å². The van der Waals surface area contributed by atoms with E-state index in [-0.39, 0.29) is 6.61 Å². The van der Waals surface area contributed by atoms with E-state index < -0.39 is 5.97 Å². The highest BCUT2D eigenvalue weighted by molar-refractivity contribution is 6.00. The molecule has 0 heterocycles. The summed E-state index contributed by atoms with van der Waals surface area (Å²) in [6.07, 6.45) is 0. The van der Waals surface area contributed by atoms with Gasteiger partial charge in [0.2, 0.25) is 0 Å². The van der Waals surface area contributed by atoms with E-state index in [1.54, 1.807) is 49.4 Å². The van der Waals surface area contributed by atoms with Gasteiger partial charge in [-0.15, -0.1) is 0 Å². The highest BCUT2D eigenvalue weighted by Gasteiger charge is 2.15. The van der Waals surface area contributed by atoms with Crippen molar-refractivity contribution < 1.29 is 9.53 Å². The van der Waals surface area contributed by atoms with E-state index in [2.05, 4.69) is 11.4 Å². The van der Waals surface area contributed by atoms with Gasteiger partial charge in [-0.1, -0.05) is 18.2 Å². The van der Waals surface area contributed by atoms with Crippen LogP contribution in [0.4, 0.5) is 17.1 Å². The zero-order valence-corrected chi connectivity index (χ0v) is 11.6. The number of hydrogen-bond acceptors (Lipinski definition) is 5. The fraction of sp³-hybridized carbons (Fsp3) is 0.125. The summed E-state index contributed by atoms with van der Waals surface area (Å²) in [6, 6.07) is 14.1. The van der Waals surface area contributed by atoms with Crippen molar-refractivity contribution in [3.63, 3.8) is 0 Å². The summed E-state index contributed by atoms with van der Waals surface area (Å²) in [5, 5.41) is 12.2. The number of nitrogens with one attached hydrogen (secondary N) is 1. The maximum Gasteiger partial charge on any atom is 0.340 e. The number of carbonyl (C=O) groups excluding carboxylic acids is 1. The van der Waals surface area contributed by atoms with E-state index in [1.165, 1.54) is 0 Å². The Bertz CT molecular complexity index is 705. The van der Waals surface area contributed by atoms with Crippen LogP contribution in [0.2, 0.25) is 0 Å². The number of nitriles is 1. The SMILES string of the molecule is CCOC(=O)c1cccc(N)c1Nc1ccccc1C#N. The molecule has 0 unspecified atom stereocenters. The monoisotopic (exact) mass is 281 g/mol. The van der Waals surface area contributed by atoms with Gasteiger partial charge in [0.1, 0.15) is 6.07 Å². The third kappa shape index (κ3) is 3.12. The zero-order chi connectivity index (χ0) is 15.2. The van der Waals surface area contributed by atoms with Crippen LogP contribution in [0.15, 0.2) is 42.5 Å². The Morgan fingerprint density at radius 2 is 2.05 bits per heavy atom. The summed E-state index contributed by atoms with van der Waals surface area (Å²) in [7, 11) is 0. The molecule has 0 atom stereocenters. The van der Waals surface area contributed by atoms with Gasteiger partial charge in [0.05, 0.1) is 34.8 Å². The molecule has 0 aliphatic rings. The molecule has 2 aromatic rings. The van der Waals surface area contributed by atoms with Gasteiger partial charge in [-0.3, -0.25) is 0 Å². The van der Waals surface area contributed by atoms with Gasteiger partial charge in [-0.25, -0.2) is 4.79 Å². The predicted molar refractivity (Wildman–Crippen MR) is 81.3 cm³/mol. The van der Waals surface area contributed by atoms with Gasteiger partial charge >= 0.3 is 5.97 Å². The van der Waals surface area contributed by atoms with Crippen molar-refractivity contribution in [2.75, 3.05) is 17.7 Å². The maximum absolute atomic E-state index is 12.0. The predicted octanol–water partition coefficient (Wildman–Crippen LogP) is 3.06. The number of hydrogen-bond donors (Lipinski definition) is 2. The maximum atomic E-state index is 12.0. The van der Waals surface area contributed by atoms with Crippen LogP contribution >= 0.6 is 0 Å². The lowest BCUT2D eigenvalue weighted by Gasteiger charge is -2.14. The van der Waals surface area contributed by atoms with Gasteiger partial charge < -0.3 is 15.8 Å². The molecule has 0 saturated carbocycles. The number of nitrogens with zero attached hydrogens (tertiary/aromatic N) is 1. The first-order valence-corrected chi connectivity index (χ1v) is 6.49. The topological polar surface area (TPSA) is 88.1 Å². The second-order valence-corrected chi connectivity index (χ2v) is 4.27. The van der Waals surface area contributed by atoms with E-state index in [1.807, 2.05) is 0 Å². The summed E-state index contributed by atoms with van der Waals surface area (Å²) in [4.78, 5) is 12.0. The van der Waals surface area contributed by atoms with E-state index >= 15 is 0 Å². The van der Waals surface area contributed by atoms with Crippen LogP contribution in [0.3, 0.4) is 0 Å². The molecule has 0 spiro atoms. The molecule has 5 heteroatoms. The van der Waals surface area contributed by atoms with Crippen LogP contribution in [-0.4, -0.2) is 12.6 Å². The minimum absolute atomic E-state index is 0.280. The van der Waals surface area contributed by atoms with Gasteiger partial charge in [-0.2, -0.15) is 5.26 Å². The van der Waals surface area contributed by atoms with Crippen LogP contribution in [0.25, 0.3) is 0 Å². The Labute approximate surface area is 123 Å². The highest BCUT2D eigenvalue weighted by atomic mass is 16.5. The normalized spacial score (nSPS) is 9.71. The average Bonchev–Trinajstić information content (AvgIpc) is 2.50. The Balaban J connectivity index is 2.44. The smallest absolute Gasteiger partial charge is 0.340 e. The number of para-hydroxylation sites is 2. The van der Waals surface area contributed by atoms with Crippen molar-refractivity contribution in [3.8, 4) is 6.07 Å². The van der Waals surface area contributed by atoms with Crippen molar-refractivity contribution in [2.24, 2.45) is 0 Å². The molecule has 0 amide bonds. The molecule has 21 heavy (non-hydrogen) atoms. The molecule has 0 saturated heterocycles. The number of anilines is 3. The molecule has 0 aliphatic heterocycles. The summed E-state index contributed by atoms with van der Waals surface area (Å²) in [5.41, 5.74) is 8.19. The number of rotatable bonds is 4. The lowest BCUT2D eigenvalue weighted by atomic mass is 10.1. The van der Waals surface area contributed by atoms with Crippen LogP contribution in [0.1, 0.15) is 22.8 Å². The third-order valence-corrected chi connectivity index (χ3v) is 2.90. The second-order valence-electron chi connectivity index (χ2n) is 4.27. The number of benzene rings is 2. The van der Waals surface area contributed by atoms with Crippen molar-refractivity contribution in [1.82, 2.24) is 0 Å². The Kier molecular flexibility index (Phi) is 4.42. The molecule has 0 aliphatic carbocycles.